The van der Waals surface area contributed by atoms with E-state index in [0.717, 1.165) is 31.5 Å². The smallest absolute Gasteiger partial charge is 0.215 e. The first kappa shape index (κ1) is 21.6. The maximum atomic E-state index is 12.7. The van der Waals surface area contributed by atoms with E-state index in [0.29, 0.717) is 22.2 Å². The predicted octanol–water partition coefficient (Wildman–Crippen LogP) is 5.03. The Morgan fingerprint density at radius 2 is 1.54 bits per heavy atom. The van der Waals surface area contributed by atoms with Crippen molar-refractivity contribution < 1.29 is 8.42 Å². The molecule has 1 N–H and O–H groups in total. The zero-order chi connectivity index (χ0) is 20.0. The Hall–Kier alpha value is -1.11. The molecule has 0 spiro atoms. The van der Waals surface area contributed by atoms with E-state index in [9.17, 15) is 8.42 Å². The van der Waals surface area contributed by atoms with E-state index in [2.05, 4.69) is 21.8 Å². The van der Waals surface area contributed by atoms with Gasteiger partial charge in [-0.05, 0) is 55.3 Å². The summed E-state index contributed by atoms with van der Waals surface area (Å²) in [6.07, 6.45) is 4.77. The normalized spacial score (nSPS) is 17.2. The Balaban J connectivity index is 1.73. The predicted molar refractivity (Wildman–Crippen MR) is 116 cm³/mol. The molecule has 0 saturated carbocycles. The second-order valence-corrected chi connectivity index (χ2v) is 9.94. The van der Waals surface area contributed by atoms with Gasteiger partial charge in [-0.1, -0.05) is 66.4 Å². The minimum absolute atomic E-state index is 0.0250. The molecular weight excluding hydrogens is 415 g/mol. The molecule has 0 bridgehead atoms. The van der Waals surface area contributed by atoms with Crippen molar-refractivity contribution in [2.75, 3.05) is 19.6 Å². The maximum Gasteiger partial charge on any atom is 0.215 e. The van der Waals surface area contributed by atoms with Gasteiger partial charge in [-0.25, -0.2) is 13.1 Å². The molecule has 1 saturated heterocycles. The third-order valence-corrected chi connectivity index (χ3v) is 6.80. The molecule has 1 heterocycles. The number of hydrogen-bond donors (Lipinski definition) is 1. The summed E-state index contributed by atoms with van der Waals surface area (Å²) >= 11 is 12.0. The summed E-state index contributed by atoms with van der Waals surface area (Å²) in [6, 6.07) is 15.0. The van der Waals surface area contributed by atoms with Crippen LogP contribution < -0.4 is 4.72 Å². The highest BCUT2D eigenvalue weighted by Gasteiger charge is 2.23. The molecule has 0 aliphatic carbocycles. The Morgan fingerprint density at radius 3 is 2.14 bits per heavy atom. The van der Waals surface area contributed by atoms with Gasteiger partial charge >= 0.3 is 0 Å². The topological polar surface area (TPSA) is 49.4 Å². The molecule has 7 heteroatoms. The van der Waals surface area contributed by atoms with Crippen LogP contribution in [0.5, 0.6) is 0 Å². The van der Waals surface area contributed by atoms with Gasteiger partial charge in [0.05, 0.1) is 5.75 Å². The summed E-state index contributed by atoms with van der Waals surface area (Å²) in [7, 11) is -3.51. The molecule has 1 aliphatic rings. The first-order valence-electron chi connectivity index (χ1n) is 9.64. The number of rotatable bonds is 7. The number of benzene rings is 2. The monoisotopic (exact) mass is 440 g/mol. The molecule has 0 aromatic heterocycles. The number of nitrogens with zero attached hydrogens (tertiary/aromatic N) is 1. The van der Waals surface area contributed by atoms with Crippen LogP contribution in [0.2, 0.25) is 10.0 Å². The standard InChI is InChI=1S/C21H26Cl2N2O2S/c22-19-12-17(13-20(23)14-19)16-28(26,27)24-15-21(18-8-4-3-5-9-18)25-10-6-1-2-7-11-25/h3-5,8-9,12-14,21,24H,1-2,6-7,10-11,15-16H2. The van der Waals surface area contributed by atoms with Crippen molar-refractivity contribution in [3.63, 3.8) is 0 Å². The van der Waals surface area contributed by atoms with Crippen LogP contribution in [0.1, 0.15) is 42.9 Å². The van der Waals surface area contributed by atoms with Gasteiger partial charge in [-0.3, -0.25) is 4.90 Å². The zero-order valence-corrected chi connectivity index (χ0v) is 18.1. The van der Waals surface area contributed by atoms with Crippen LogP contribution in [-0.4, -0.2) is 33.0 Å². The van der Waals surface area contributed by atoms with Gasteiger partial charge in [0.15, 0.2) is 0 Å². The molecular formula is C21H26Cl2N2O2S. The third kappa shape index (κ3) is 6.46. The fourth-order valence-corrected chi connectivity index (χ4v) is 5.40. The Kier molecular flexibility index (Phi) is 7.77. The lowest BCUT2D eigenvalue weighted by Crippen LogP contribution is -2.39. The number of halogens is 2. The molecule has 28 heavy (non-hydrogen) atoms. The average Bonchev–Trinajstić information content (AvgIpc) is 2.91. The van der Waals surface area contributed by atoms with E-state index >= 15 is 0 Å². The van der Waals surface area contributed by atoms with Crippen LogP contribution in [0.25, 0.3) is 0 Å². The summed E-state index contributed by atoms with van der Waals surface area (Å²) in [5.74, 6) is -0.144. The number of likely N-dealkylation sites (tertiary alicyclic amines) is 1. The highest BCUT2D eigenvalue weighted by Crippen LogP contribution is 2.25. The first-order chi connectivity index (χ1) is 13.4. The van der Waals surface area contributed by atoms with Crippen molar-refractivity contribution >= 4 is 33.2 Å². The number of hydrogen-bond acceptors (Lipinski definition) is 3. The second kappa shape index (κ2) is 10.1. The first-order valence-corrected chi connectivity index (χ1v) is 12.0. The summed E-state index contributed by atoms with van der Waals surface area (Å²) < 4.78 is 28.2. The summed E-state index contributed by atoms with van der Waals surface area (Å²) in [4.78, 5) is 2.40. The quantitative estimate of drug-likeness (QED) is 0.656. The molecule has 1 aliphatic heterocycles. The second-order valence-electron chi connectivity index (χ2n) is 7.26. The van der Waals surface area contributed by atoms with E-state index in [1.165, 1.54) is 12.8 Å². The molecule has 2 aromatic rings. The highest BCUT2D eigenvalue weighted by molar-refractivity contribution is 7.88. The Morgan fingerprint density at radius 1 is 0.929 bits per heavy atom. The summed E-state index contributed by atoms with van der Waals surface area (Å²) in [6.45, 7) is 2.33. The van der Waals surface area contributed by atoms with Gasteiger partial charge in [0.1, 0.15) is 0 Å². The van der Waals surface area contributed by atoms with Crippen molar-refractivity contribution in [1.82, 2.24) is 9.62 Å². The lowest BCUT2D eigenvalue weighted by atomic mass is 10.1. The molecule has 0 radical (unpaired) electrons. The molecule has 4 nitrogen and oxygen atoms in total. The van der Waals surface area contributed by atoms with Gasteiger partial charge in [0.25, 0.3) is 0 Å². The van der Waals surface area contributed by atoms with Crippen molar-refractivity contribution in [2.45, 2.75) is 37.5 Å². The highest BCUT2D eigenvalue weighted by atomic mass is 35.5. The van der Waals surface area contributed by atoms with Gasteiger partial charge < -0.3 is 0 Å². The van der Waals surface area contributed by atoms with E-state index in [1.54, 1.807) is 18.2 Å². The Labute approximate surface area is 177 Å². The largest absolute Gasteiger partial charge is 0.295 e. The number of nitrogens with one attached hydrogen (secondary N) is 1. The Bertz CT molecular complexity index is 847. The molecule has 1 fully saturated rings. The fourth-order valence-electron chi connectivity index (χ4n) is 3.71. The molecule has 2 aromatic carbocycles. The van der Waals surface area contributed by atoms with Gasteiger partial charge in [0, 0.05) is 22.6 Å². The maximum absolute atomic E-state index is 12.7. The van der Waals surface area contributed by atoms with Crippen molar-refractivity contribution in [2.24, 2.45) is 0 Å². The third-order valence-electron chi connectivity index (χ3n) is 5.04. The van der Waals surface area contributed by atoms with Crippen LogP contribution in [0.15, 0.2) is 48.5 Å². The molecule has 3 rings (SSSR count). The van der Waals surface area contributed by atoms with E-state index in [-0.39, 0.29) is 11.8 Å². The molecule has 0 amide bonds. The minimum atomic E-state index is -3.51. The summed E-state index contributed by atoms with van der Waals surface area (Å²) in [5, 5.41) is 0.869. The van der Waals surface area contributed by atoms with Gasteiger partial charge in [-0.15, -0.1) is 0 Å². The zero-order valence-electron chi connectivity index (χ0n) is 15.8. The van der Waals surface area contributed by atoms with Crippen molar-refractivity contribution in [3.8, 4) is 0 Å². The fraction of sp³-hybridized carbons (Fsp3) is 0.429. The minimum Gasteiger partial charge on any atom is -0.295 e. The molecule has 1 unspecified atom stereocenters. The number of sulfonamides is 1. The average molecular weight is 441 g/mol. The SMILES string of the molecule is O=S(=O)(Cc1cc(Cl)cc(Cl)c1)NCC(c1ccccc1)N1CCCCCC1. The van der Waals surface area contributed by atoms with Crippen LogP contribution in [0.4, 0.5) is 0 Å². The van der Waals surface area contributed by atoms with Crippen LogP contribution in [0, 0.1) is 0 Å². The van der Waals surface area contributed by atoms with Gasteiger partial charge in [-0.2, -0.15) is 0 Å². The molecule has 152 valence electrons. The van der Waals surface area contributed by atoms with Crippen LogP contribution >= 0.6 is 23.2 Å². The summed E-state index contributed by atoms with van der Waals surface area (Å²) in [5.41, 5.74) is 1.72. The van der Waals surface area contributed by atoms with Gasteiger partial charge in [0.2, 0.25) is 10.0 Å². The van der Waals surface area contributed by atoms with Crippen molar-refractivity contribution in [1.29, 1.82) is 0 Å². The van der Waals surface area contributed by atoms with Crippen molar-refractivity contribution in [3.05, 3.63) is 69.7 Å². The van der Waals surface area contributed by atoms with E-state index < -0.39 is 10.0 Å². The lowest BCUT2D eigenvalue weighted by Gasteiger charge is -2.31. The van der Waals surface area contributed by atoms with Crippen LogP contribution in [-0.2, 0) is 15.8 Å². The lowest BCUT2D eigenvalue weighted by molar-refractivity contribution is 0.206. The molecule has 1 atom stereocenters. The van der Waals surface area contributed by atoms with E-state index in [1.807, 2.05) is 18.2 Å². The van der Waals surface area contributed by atoms with E-state index in [4.69, 9.17) is 23.2 Å². The van der Waals surface area contributed by atoms with Crippen LogP contribution in [0.3, 0.4) is 0 Å².